The number of aliphatic carboxylic acids is 1. The number of thiazole rings is 1. The zero-order valence-electron chi connectivity index (χ0n) is 13.2. The Kier molecular flexibility index (Phi) is 6.04. The SMILES string of the molecule is O=C(O)Cc1csc(-c2ccc(COc3c(Cl)cc(Cl)cc3Cl)cc2)n1. The molecule has 2 aromatic carbocycles. The number of rotatable bonds is 6. The predicted molar refractivity (Wildman–Crippen MR) is 105 cm³/mol. The Hall–Kier alpha value is -1.79. The first kappa shape index (κ1) is 19.0. The number of carboxylic acids is 1. The highest BCUT2D eigenvalue weighted by atomic mass is 35.5. The molecule has 3 aromatic rings. The maximum atomic E-state index is 10.7. The molecule has 1 N–H and O–H groups in total. The number of carbonyl (C=O) groups is 1. The van der Waals surface area contributed by atoms with Gasteiger partial charge in [-0.2, -0.15) is 0 Å². The van der Waals surface area contributed by atoms with Crippen molar-refractivity contribution in [3.63, 3.8) is 0 Å². The molecule has 0 fully saturated rings. The Morgan fingerprint density at radius 2 is 1.77 bits per heavy atom. The average Bonchev–Trinajstić information content (AvgIpc) is 3.02. The van der Waals surface area contributed by atoms with Crippen LogP contribution in [0.1, 0.15) is 11.3 Å². The van der Waals surface area contributed by atoms with E-state index in [1.807, 2.05) is 24.3 Å². The van der Waals surface area contributed by atoms with Crippen molar-refractivity contribution in [1.29, 1.82) is 0 Å². The van der Waals surface area contributed by atoms with Gasteiger partial charge in [-0.1, -0.05) is 59.1 Å². The number of hydrogen-bond donors (Lipinski definition) is 1. The lowest BCUT2D eigenvalue weighted by atomic mass is 10.1. The van der Waals surface area contributed by atoms with E-state index < -0.39 is 5.97 Å². The first-order chi connectivity index (χ1) is 12.4. The van der Waals surface area contributed by atoms with Crippen LogP contribution in [-0.2, 0) is 17.8 Å². The largest absolute Gasteiger partial charge is 0.486 e. The Balaban J connectivity index is 1.68. The van der Waals surface area contributed by atoms with Crippen LogP contribution in [0, 0.1) is 0 Å². The fraction of sp³-hybridized carbons (Fsp3) is 0.111. The lowest BCUT2D eigenvalue weighted by molar-refractivity contribution is -0.136. The summed E-state index contributed by atoms with van der Waals surface area (Å²) in [4.78, 5) is 15.1. The lowest BCUT2D eigenvalue weighted by Gasteiger charge is -2.10. The van der Waals surface area contributed by atoms with Crippen molar-refractivity contribution in [2.45, 2.75) is 13.0 Å². The summed E-state index contributed by atoms with van der Waals surface area (Å²) in [6.07, 6.45) is -0.0783. The van der Waals surface area contributed by atoms with Crippen LogP contribution in [-0.4, -0.2) is 16.1 Å². The summed E-state index contributed by atoms with van der Waals surface area (Å²) in [6, 6.07) is 10.8. The minimum Gasteiger partial charge on any atom is -0.486 e. The molecule has 0 saturated carbocycles. The van der Waals surface area contributed by atoms with E-state index in [0.717, 1.165) is 16.1 Å². The van der Waals surface area contributed by atoms with Crippen LogP contribution >= 0.6 is 46.1 Å². The summed E-state index contributed by atoms with van der Waals surface area (Å²) < 4.78 is 5.70. The summed E-state index contributed by atoms with van der Waals surface area (Å²) in [7, 11) is 0. The number of ether oxygens (including phenoxy) is 1. The van der Waals surface area contributed by atoms with Gasteiger partial charge in [0.1, 0.15) is 11.6 Å². The third kappa shape index (κ3) is 4.68. The van der Waals surface area contributed by atoms with Crippen LogP contribution in [0.3, 0.4) is 0 Å². The number of benzene rings is 2. The molecule has 1 aromatic heterocycles. The lowest BCUT2D eigenvalue weighted by Crippen LogP contribution is -1.99. The fourth-order valence-corrected chi connectivity index (χ4v) is 3.99. The topological polar surface area (TPSA) is 59.4 Å². The summed E-state index contributed by atoms with van der Waals surface area (Å²) in [5.41, 5.74) is 2.40. The summed E-state index contributed by atoms with van der Waals surface area (Å²) in [6.45, 7) is 0.295. The minimum atomic E-state index is -0.895. The van der Waals surface area contributed by atoms with Gasteiger partial charge in [-0.3, -0.25) is 4.79 Å². The van der Waals surface area contributed by atoms with E-state index in [2.05, 4.69) is 4.98 Å². The van der Waals surface area contributed by atoms with E-state index in [9.17, 15) is 4.79 Å². The molecule has 0 spiro atoms. The molecule has 0 saturated heterocycles. The Bertz CT molecular complexity index is 918. The predicted octanol–water partition coefficient (Wildman–Crippen LogP) is 5.98. The zero-order chi connectivity index (χ0) is 18.7. The Morgan fingerprint density at radius 3 is 2.38 bits per heavy atom. The van der Waals surface area contributed by atoms with E-state index in [0.29, 0.717) is 33.1 Å². The van der Waals surface area contributed by atoms with E-state index in [1.165, 1.54) is 11.3 Å². The standard InChI is InChI=1S/C18H12Cl3NO3S/c19-12-5-14(20)17(15(21)6-12)25-8-10-1-3-11(4-2-10)18-22-13(9-26-18)7-16(23)24/h1-6,9H,7-8H2,(H,23,24). The van der Waals surface area contributed by atoms with Crippen molar-refractivity contribution in [1.82, 2.24) is 4.98 Å². The highest BCUT2D eigenvalue weighted by molar-refractivity contribution is 7.13. The van der Waals surface area contributed by atoms with Gasteiger partial charge in [0.2, 0.25) is 0 Å². The first-order valence-electron chi connectivity index (χ1n) is 7.45. The second-order valence-electron chi connectivity index (χ2n) is 5.40. The minimum absolute atomic E-state index is 0.0783. The zero-order valence-corrected chi connectivity index (χ0v) is 16.3. The van der Waals surface area contributed by atoms with Gasteiger partial charge in [-0.15, -0.1) is 11.3 Å². The number of hydrogen-bond acceptors (Lipinski definition) is 4. The molecule has 0 aliphatic heterocycles. The third-order valence-electron chi connectivity index (χ3n) is 3.43. The number of carboxylic acid groups (broad SMARTS) is 1. The van der Waals surface area contributed by atoms with E-state index in [4.69, 9.17) is 44.6 Å². The highest BCUT2D eigenvalue weighted by Crippen LogP contribution is 2.36. The van der Waals surface area contributed by atoms with E-state index in [-0.39, 0.29) is 6.42 Å². The molecule has 0 aliphatic rings. The summed E-state index contributed by atoms with van der Waals surface area (Å²) in [5.74, 6) is -0.506. The van der Waals surface area contributed by atoms with Crippen LogP contribution in [0.5, 0.6) is 5.75 Å². The van der Waals surface area contributed by atoms with Gasteiger partial charge in [0.25, 0.3) is 0 Å². The van der Waals surface area contributed by atoms with Crippen LogP contribution in [0.4, 0.5) is 0 Å². The molecular formula is C18H12Cl3NO3S. The molecule has 4 nitrogen and oxygen atoms in total. The monoisotopic (exact) mass is 427 g/mol. The van der Waals surface area contributed by atoms with Crippen molar-refractivity contribution in [2.24, 2.45) is 0 Å². The highest BCUT2D eigenvalue weighted by Gasteiger charge is 2.11. The van der Waals surface area contributed by atoms with E-state index in [1.54, 1.807) is 17.5 Å². The normalized spacial score (nSPS) is 10.7. The molecule has 8 heteroatoms. The summed E-state index contributed by atoms with van der Waals surface area (Å²) in [5, 5.41) is 12.5. The average molecular weight is 429 g/mol. The second kappa shape index (κ2) is 8.27. The van der Waals surface area contributed by atoms with Crippen molar-refractivity contribution < 1.29 is 14.6 Å². The molecule has 26 heavy (non-hydrogen) atoms. The van der Waals surface area contributed by atoms with Crippen LogP contribution < -0.4 is 4.74 Å². The maximum Gasteiger partial charge on any atom is 0.309 e. The van der Waals surface area contributed by atoms with Gasteiger partial charge in [0, 0.05) is 16.0 Å². The maximum absolute atomic E-state index is 10.7. The van der Waals surface area contributed by atoms with Crippen molar-refractivity contribution in [3.8, 4) is 16.3 Å². The molecule has 0 atom stereocenters. The van der Waals surface area contributed by atoms with Crippen LogP contribution in [0.2, 0.25) is 15.1 Å². The Morgan fingerprint density at radius 1 is 1.12 bits per heavy atom. The number of aromatic nitrogens is 1. The van der Waals surface area contributed by atoms with Crippen molar-refractivity contribution in [2.75, 3.05) is 0 Å². The van der Waals surface area contributed by atoms with Gasteiger partial charge >= 0.3 is 5.97 Å². The third-order valence-corrected chi connectivity index (χ3v) is 5.15. The molecule has 0 unspecified atom stereocenters. The molecule has 3 rings (SSSR count). The quantitative estimate of drug-likeness (QED) is 0.525. The second-order valence-corrected chi connectivity index (χ2v) is 7.51. The summed E-state index contributed by atoms with van der Waals surface area (Å²) >= 11 is 19.5. The number of halogens is 3. The van der Waals surface area contributed by atoms with Gasteiger partial charge in [-0.05, 0) is 17.7 Å². The molecule has 1 heterocycles. The van der Waals surface area contributed by atoms with Crippen LogP contribution in [0.25, 0.3) is 10.6 Å². The molecular weight excluding hydrogens is 417 g/mol. The molecule has 134 valence electrons. The van der Waals surface area contributed by atoms with Crippen LogP contribution in [0.15, 0.2) is 41.8 Å². The Labute approximate surface area is 168 Å². The van der Waals surface area contributed by atoms with E-state index >= 15 is 0 Å². The number of nitrogens with zero attached hydrogens (tertiary/aromatic N) is 1. The molecule has 0 aliphatic carbocycles. The molecule has 0 bridgehead atoms. The fourth-order valence-electron chi connectivity index (χ4n) is 2.24. The van der Waals surface area contributed by atoms with Gasteiger partial charge in [-0.25, -0.2) is 4.98 Å². The van der Waals surface area contributed by atoms with Crippen molar-refractivity contribution >= 4 is 52.1 Å². The van der Waals surface area contributed by atoms with Gasteiger partial charge < -0.3 is 9.84 Å². The smallest absolute Gasteiger partial charge is 0.309 e. The van der Waals surface area contributed by atoms with Gasteiger partial charge in [0.05, 0.1) is 22.2 Å². The van der Waals surface area contributed by atoms with Crippen molar-refractivity contribution in [3.05, 3.63) is 68.1 Å². The van der Waals surface area contributed by atoms with Gasteiger partial charge in [0.15, 0.2) is 5.75 Å². The molecule has 0 amide bonds. The first-order valence-corrected chi connectivity index (χ1v) is 9.46. The molecule has 0 radical (unpaired) electrons.